The summed E-state index contributed by atoms with van der Waals surface area (Å²) in [6.07, 6.45) is 12.8. The Morgan fingerprint density at radius 3 is 2.80 bits per heavy atom. The quantitative estimate of drug-likeness (QED) is 0.705. The second-order valence-corrected chi connectivity index (χ2v) is 4.57. The summed E-state index contributed by atoms with van der Waals surface area (Å²) in [5.74, 6) is 1.25. The number of nitrogens with one attached hydrogen (secondary N) is 1. The lowest BCUT2D eigenvalue weighted by Crippen LogP contribution is -2.27. The number of allylic oxidation sites excluding steroid dienone is 1. The third-order valence-electron chi connectivity index (χ3n) is 3.28. The third-order valence-corrected chi connectivity index (χ3v) is 3.28. The van der Waals surface area contributed by atoms with Crippen LogP contribution >= 0.6 is 0 Å². The molecule has 0 aromatic heterocycles. The lowest BCUT2D eigenvalue weighted by molar-refractivity contribution is 0.660. The van der Waals surface area contributed by atoms with E-state index in [1.807, 2.05) is 0 Å². The van der Waals surface area contributed by atoms with Gasteiger partial charge in [-0.2, -0.15) is 0 Å². The van der Waals surface area contributed by atoms with Crippen molar-refractivity contribution in [1.82, 2.24) is 5.32 Å². The van der Waals surface area contributed by atoms with E-state index in [1.54, 1.807) is 5.57 Å². The molecule has 0 unspecified atom stereocenters. The summed E-state index contributed by atoms with van der Waals surface area (Å²) in [5, 5.41) is 3.48. The predicted octanol–water partition coefficient (Wildman–Crippen LogP) is 3.05. The molecule has 1 aliphatic heterocycles. The molecule has 0 bridgehead atoms. The zero-order chi connectivity index (χ0) is 10.3. The molecule has 1 aliphatic carbocycles. The van der Waals surface area contributed by atoms with Crippen molar-refractivity contribution < 1.29 is 0 Å². The highest BCUT2D eigenvalue weighted by Gasteiger charge is 2.06. The Bertz CT molecular complexity index is 227. The summed E-state index contributed by atoms with van der Waals surface area (Å²) in [4.78, 5) is 4.50. The Kier molecular flexibility index (Phi) is 4.24. The van der Waals surface area contributed by atoms with Crippen molar-refractivity contribution in [1.29, 1.82) is 0 Å². The van der Waals surface area contributed by atoms with Crippen LogP contribution in [0.4, 0.5) is 0 Å². The van der Waals surface area contributed by atoms with Crippen molar-refractivity contribution in [3.8, 4) is 0 Å². The predicted molar refractivity (Wildman–Crippen MR) is 65.3 cm³/mol. The summed E-state index contributed by atoms with van der Waals surface area (Å²) in [5.41, 5.74) is 1.66. The average Bonchev–Trinajstić information content (AvgIpc) is 2.32. The fourth-order valence-corrected chi connectivity index (χ4v) is 2.34. The van der Waals surface area contributed by atoms with Crippen LogP contribution in [0, 0.1) is 0 Å². The molecule has 0 amide bonds. The molecule has 0 spiro atoms. The molecule has 2 rings (SSSR count). The van der Waals surface area contributed by atoms with Crippen molar-refractivity contribution >= 4 is 5.84 Å². The number of hydrogen-bond acceptors (Lipinski definition) is 2. The van der Waals surface area contributed by atoms with E-state index in [0.29, 0.717) is 0 Å². The van der Waals surface area contributed by atoms with E-state index in [0.717, 1.165) is 13.1 Å². The topological polar surface area (TPSA) is 24.4 Å². The van der Waals surface area contributed by atoms with E-state index >= 15 is 0 Å². The Morgan fingerprint density at radius 2 is 2.07 bits per heavy atom. The smallest absolute Gasteiger partial charge is 0.0963 e. The van der Waals surface area contributed by atoms with Gasteiger partial charge >= 0.3 is 0 Å². The zero-order valence-corrected chi connectivity index (χ0v) is 9.60. The van der Waals surface area contributed by atoms with Crippen LogP contribution in [0.3, 0.4) is 0 Å². The van der Waals surface area contributed by atoms with Gasteiger partial charge in [0.2, 0.25) is 0 Å². The van der Waals surface area contributed by atoms with Gasteiger partial charge in [-0.25, -0.2) is 0 Å². The second-order valence-electron chi connectivity index (χ2n) is 4.57. The van der Waals surface area contributed by atoms with Crippen molar-refractivity contribution in [2.24, 2.45) is 4.99 Å². The second kappa shape index (κ2) is 5.94. The van der Waals surface area contributed by atoms with E-state index in [9.17, 15) is 0 Å². The minimum Gasteiger partial charge on any atom is -0.374 e. The lowest BCUT2D eigenvalue weighted by atomic mass is 9.97. The molecule has 0 radical (unpaired) electrons. The molecule has 0 saturated heterocycles. The van der Waals surface area contributed by atoms with E-state index < -0.39 is 0 Å². The maximum absolute atomic E-state index is 4.50. The van der Waals surface area contributed by atoms with E-state index in [1.165, 1.54) is 57.2 Å². The van der Waals surface area contributed by atoms with Crippen LogP contribution in [0.1, 0.15) is 51.4 Å². The van der Waals surface area contributed by atoms with Crippen molar-refractivity contribution in [3.05, 3.63) is 11.6 Å². The Hall–Kier alpha value is -0.790. The normalized spacial score (nSPS) is 21.9. The van der Waals surface area contributed by atoms with Crippen molar-refractivity contribution in [2.75, 3.05) is 13.1 Å². The van der Waals surface area contributed by atoms with Crippen LogP contribution in [0.2, 0.25) is 0 Å². The van der Waals surface area contributed by atoms with Crippen LogP contribution in [0.5, 0.6) is 0 Å². The summed E-state index contributed by atoms with van der Waals surface area (Å²) in [6, 6.07) is 0. The van der Waals surface area contributed by atoms with Gasteiger partial charge in [-0.1, -0.05) is 11.6 Å². The highest BCUT2D eigenvalue weighted by molar-refractivity contribution is 5.82. The summed E-state index contributed by atoms with van der Waals surface area (Å²) >= 11 is 0. The molecule has 1 N–H and O–H groups in total. The highest BCUT2D eigenvalue weighted by Crippen LogP contribution is 2.19. The first-order valence-electron chi connectivity index (χ1n) is 6.40. The van der Waals surface area contributed by atoms with Crippen LogP contribution in [0.25, 0.3) is 0 Å². The maximum atomic E-state index is 4.50. The number of aliphatic imine (C=N–C) groups is 1. The largest absolute Gasteiger partial charge is 0.374 e. The molecule has 84 valence electrons. The molecule has 0 atom stereocenters. The first-order valence-corrected chi connectivity index (χ1v) is 6.40. The van der Waals surface area contributed by atoms with E-state index in [-0.39, 0.29) is 0 Å². The molecular formula is C13H22N2. The number of hydrogen-bond donors (Lipinski definition) is 1. The number of amidine groups is 1. The molecule has 1 heterocycles. The molecule has 15 heavy (non-hydrogen) atoms. The highest BCUT2D eigenvalue weighted by atomic mass is 15.0. The number of nitrogens with zero attached hydrogens (tertiary/aromatic N) is 1. The summed E-state index contributed by atoms with van der Waals surface area (Å²) in [6.45, 7) is 2.12. The zero-order valence-electron chi connectivity index (χ0n) is 9.60. The number of rotatable bonds is 3. The van der Waals surface area contributed by atoms with Gasteiger partial charge in [-0.05, 0) is 44.9 Å². The molecule has 2 aliphatic rings. The van der Waals surface area contributed by atoms with Gasteiger partial charge in [0, 0.05) is 19.5 Å². The minimum atomic E-state index is 1.03. The van der Waals surface area contributed by atoms with Crippen LogP contribution in [-0.2, 0) is 0 Å². The summed E-state index contributed by atoms with van der Waals surface area (Å²) in [7, 11) is 0. The Balaban J connectivity index is 1.65. The van der Waals surface area contributed by atoms with E-state index in [2.05, 4.69) is 16.4 Å². The first-order chi connectivity index (χ1) is 7.45. The van der Waals surface area contributed by atoms with Gasteiger partial charge in [-0.3, -0.25) is 4.99 Å². The van der Waals surface area contributed by atoms with Gasteiger partial charge in [0.05, 0.1) is 5.84 Å². The van der Waals surface area contributed by atoms with Gasteiger partial charge in [0.25, 0.3) is 0 Å². The van der Waals surface area contributed by atoms with Crippen molar-refractivity contribution in [3.63, 3.8) is 0 Å². The monoisotopic (exact) mass is 206 g/mol. The van der Waals surface area contributed by atoms with E-state index in [4.69, 9.17) is 0 Å². The molecule has 2 nitrogen and oxygen atoms in total. The molecular weight excluding hydrogens is 184 g/mol. The SMILES string of the molecule is C1=C(CCNC2=NCCCC2)CCCC1. The molecule has 0 aromatic carbocycles. The van der Waals surface area contributed by atoms with Crippen molar-refractivity contribution in [2.45, 2.75) is 51.4 Å². The fraction of sp³-hybridized carbons (Fsp3) is 0.769. The Morgan fingerprint density at radius 1 is 1.13 bits per heavy atom. The lowest BCUT2D eigenvalue weighted by Gasteiger charge is -2.16. The van der Waals surface area contributed by atoms with Crippen LogP contribution < -0.4 is 5.32 Å². The van der Waals surface area contributed by atoms with Gasteiger partial charge < -0.3 is 5.32 Å². The van der Waals surface area contributed by atoms with Gasteiger partial charge in [0.1, 0.15) is 0 Å². The van der Waals surface area contributed by atoms with Crippen LogP contribution in [-0.4, -0.2) is 18.9 Å². The molecule has 0 aromatic rings. The van der Waals surface area contributed by atoms with Crippen LogP contribution in [0.15, 0.2) is 16.6 Å². The maximum Gasteiger partial charge on any atom is 0.0963 e. The fourth-order valence-electron chi connectivity index (χ4n) is 2.34. The molecule has 0 saturated carbocycles. The standard InChI is InChI=1S/C13H22N2/c1-2-6-12(7-3-1)9-11-15-13-8-4-5-10-14-13/h6H,1-5,7-11H2,(H,14,15). The average molecular weight is 206 g/mol. The molecule has 2 heteroatoms. The van der Waals surface area contributed by atoms with Gasteiger partial charge in [0.15, 0.2) is 0 Å². The van der Waals surface area contributed by atoms with Gasteiger partial charge in [-0.15, -0.1) is 0 Å². The Labute approximate surface area is 92.9 Å². The minimum absolute atomic E-state index is 1.03. The third kappa shape index (κ3) is 3.69. The molecule has 0 fully saturated rings. The summed E-state index contributed by atoms with van der Waals surface area (Å²) < 4.78 is 0. The first kappa shape index (κ1) is 10.7.